The number of aliphatic hydroxyl groups excluding tert-OH is 1. The fourth-order valence-corrected chi connectivity index (χ4v) is 2.69. The smallest absolute Gasteiger partial charge is 0.321 e. The minimum Gasteiger partial charge on any atom is -0.391 e. The third kappa shape index (κ3) is 3.56. The first-order chi connectivity index (χ1) is 11.6. The van der Waals surface area contributed by atoms with Crippen LogP contribution in [-0.2, 0) is 6.54 Å². The Morgan fingerprint density at radius 3 is 2.92 bits per heavy atom. The van der Waals surface area contributed by atoms with Gasteiger partial charge in [-0.25, -0.2) is 4.79 Å². The molecule has 0 radical (unpaired) electrons. The van der Waals surface area contributed by atoms with Gasteiger partial charge < -0.3 is 19.9 Å². The van der Waals surface area contributed by atoms with Gasteiger partial charge in [0.05, 0.1) is 11.8 Å². The van der Waals surface area contributed by atoms with Crippen molar-refractivity contribution in [2.45, 2.75) is 32.4 Å². The van der Waals surface area contributed by atoms with E-state index in [0.29, 0.717) is 24.0 Å². The highest BCUT2D eigenvalue weighted by atomic mass is 16.3. The Balaban J connectivity index is 1.74. The molecule has 0 saturated heterocycles. The quantitative estimate of drug-likeness (QED) is 0.851. The van der Waals surface area contributed by atoms with Crippen LogP contribution in [0, 0.1) is 5.92 Å². The molecule has 2 amide bonds. The first kappa shape index (κ1) is 16.4. The number of likely N-dealkylation sites (N-methyl/N-ethyl adjacent to an activating group) is 1. The SMILES string of the molecule is CCn1cnnc1-c1ccccc1NC(=O)N(C)CC(O)C1CC1. The predicted octanol–water partition coefficient (Wildman–Crippen LogP) is 2.20. The summed E-state index contributed by atoms with van der Waals surface area (Å²) in [6.07, 6.45) is 3.32. The largest absolute Gasteiger partial charge is 0.391 e. The molecule has 1 aliphatic carbocycles. The lowest BCUT2D eigenvalue weighted by Gasteiger charge is -2.22. The number of urea groups is 1. The van der Waals surface area contributed by atoms with Crippen molar-refractivity contribution in [3.63, 3.8) is 0 Å². The Labute approximate surface area is 141 Å². The molecule has 3 rings (SSSR count). The second-order valence-corrected chi connectivity index (χ2v) is 6.20. The van der Waals surface area contributed by atoms with Gasteiger partial charge >= 0.3 is 6.03 Å². The van der Waals surface area contributed by atoms with Gasteiger partial charge in [-0.1, -0.05) is 12.1 Å². The predicted molar refractivity (Wildman–Crippen MR) is 91.5 cm³/mol. The van der Waals surface area contributed by atoms with Crippen LogP contribution in [0.3, 0.4) is 0 Å². The maximum atomic E-state index is 12.4. The number of benzene rings is 1. The molecule has 7 nitrogen and oxygen atoms in total. The van der Waals surface area contributed by atoms with Gasteiger partial charge in [-0.05, 0) is 37.8 Å². The lowest BCUT2D eigenvalue weighted by Crippen LogP contribution is -2.38. The van der Waals surface area contributed by atoms with E-state index in [1.54, 1.807) is 13.4 Å². The number of hydrogen-bond donors (Lipinski definition) is 2. The number of nitrogens with zero attached hydrogens (tertiary/aromatic N) is 4. The molecule has 2 N–H and O–H groups in total. The number of para-hydroxylation sites is 1. The number of nitrogens with one attached hydrogen (secondary N) is 1. The van der Waals surface area contributed by atoms with Crippen LogP contribution in [0.5, 0.6) is 0 Å². The second kappa shape index (κ2) is 7.00. The Bertz CT molecular complexity index is 711. The maximum absolute atomic E-state index is 12.4. The first-order valence-corrected chi connectivity index (χ1v) is 8.27. The summed E-state index contributed by atoms with van der Waals surface area (Å²) in [6.45, 7) is 3.10. The molecule has 128 valence electrons. The van der Waals surface area contributed by atoms with Crippen molar-refractivity contribution in [1.29, 1.82) is 0 Å². The highest BCUT2D eigenvalue weighted by Gasteiger charge is 2.31. The minimum absolute atomic E-state index is 0.246. The van der Waals surface area contributed by atoms with Gasteiger partial charge in [0.25, 0.3) is 0 Å². The molecule has 2 aromatic rings. The third-order valence-corrected chi connectivity index (χ3v) is 4.34. The molecule has 1 aromatic carbocycles. The van der Waals surface area contributed by atoms with E-state index < -0.39 is 6.10 Å². The van der Waals surface area contributed by atoms with Crippen molar-refractivity contribution in [2.75, 3.05) is 18.9 Å². The lowest BCUT2D eigenvalue weighted by molar-refractivity contribution is 0.117. The number of carbonyl (C=O) groups is 1. The Morgan fingerprint density at radius 1 is 1.46 bits per heavy atom. The van der Waals surface area contributed by atoms with Crippen molar-refractivity contribution < 1.29 is 9.90 Å². The summed E-state index contributed by atoms with van der Waals surface area (Å²) in [6, 6.07) is 7.27. The van der Waals surface area contributed by atoms with Gasteiger partial charge in [0.15, 0.2) is 5.82 Å². The topological polar surface area (TPSA) is 83.3 Å². The van der Waals surface area contributed by atoms with Crippen LogP contribution in [0.15, 0.2) is 30.6 Å². The number of anilines is 1. The van der Waals surface area contributed by atoms with E-state index in [2.05, 4.69) is 15.5 Å². The standard InChI is InChI=1S/C17H23N5O2/c1-3-22-11-18-20-16(22)13-6-4-5-7-14(13)19-17(24)21(2)10-15(23)12-8-9-12/h4-7,11-12,15,23H,3,8-10H2,1-2H3,(H,19,24). The van der Waals surface area contributed by atoms with E-state index in [9.17, 15) is 9.90 Å². The zero-order valence-electron chi connectivity index (χ0n) is 14.0. The molecule has 1 aliphatic rings. The second-order valence-electron chi connectivity index (χ2n) is 6.20. The summed E-state index contributed by atoms with van der Waals surface area (Å²) >= 11 is 0. The van der Waals surface area contributed by atoms with Crippen LogP contribution in [0.25, 0.3) is 11.4 Å². The number of aryl methyl sites for hydroxylation is 1. The maximum Gasteiger partial charge on any atom is 0.321 e. The molecular formula is C17H23N5O2. The Morgan fingerprint density at radius 2 is 2.21 bits per heavy atom. The van der Waals surface area contributed by atoms with E-state index in [4.69, 9.17) is 0 Å². The molecule has 1 atom stereocenters. The summed E-state index contributed by atoms with van der Waals surface area (Å²) in [5.74, 6) is 1.06. The molecule has 1 heterocycles. The van der Waals surface area contributed by atoms with Gasteiger partial charge in [0, 0.05) is 25.7 Å². The van der Waals surface area contributed by atoms with Crippen molar-refractivity contribution in [1.82, 2.24) is 19.7 Å². The van der Waals surface area contributed by atoms with Crippen LogP contribution in [0.1, 0.15) is 19.8 Å². The van der Waals surface area contributed by atoms with Gasteiger partial charge in [0.2, 0.25) is 0 Å². The molecule has 1 unspecified atom stereocenters. The fourth-order valence-electron chi connectivity index (χ4n) is 2.69. The summed E-state index contributed by atoms with van der Waals surface area (Å²) in [4.78, 5) is 13.9. The summed E-state index contributed by atoms with van der Waals surface area (Å²) in [5.41, 5.74) is 1.50. The normalized spacial score (nSPS) is 15.1. The van der Waals surface area contributed by atoms with Crippen molar-refractivity contribution >= 4 is 11.7 Å². The van der Waals surface area contributed by atoms with Crippen LogP contribution in [-0.4, -0.2) is 50.5 Å². The van der Waals surface area contributed by atoms with E-state index in [1.807, 2.05) is 35.8 Å². The molecule has 7 heteroatoms. The number of carbonyl (C=O) groups excluding carboxylic acids is 1. The van der Waals surface area contributed by atoms with Gasteiger partial charge in [-0.3, -0.25) is 0 Å². The molecule has 1 aromatic heterocycles. The van der Waals surface area contributed by atoms with Crippen LogP contribution < -0.4 is 5.32 Å². The van der Waals surface area contributed by atoms with Gasteiger partial charge in [-0.2, -0.15) is 0 Å². The number of rotatable bonds is 6. The molecular weight excluding hydrogens is 306 g/mol. The Kier molecular flexibility index (Phi) is 4.80. The molecule has 0 bridgehead atoms. The summed E-state index contributed by atoms with van der Waals surface area (Å²) in [5, 5.41) is 21.0. The fraction of sp³-hybridized carbons (Fsp3) is 0.471. The van der Waals surface area contributed by atoms with Crippen molar-refractivity contribution in [2.24, 2.45) is 5.92 Å². The zero-order valence-corrected chi connectivity index (χ0v) is 14.0. The average molecular weight is 329 g/mol. The van der Waals surface area contributed by atoms with Crippen LogP contribution in [0.4, 0.5) is 10.5 Å². The number of amides is 2. The van der Waals surface area contributed by atoms with E-state index in [1.165, 1.54) is 4.90 Å². The summed E-state index contributed by atoms with van der Waals surface area (Å²) in [7, 11) is 1.69. The van der Waals surface area contributed by atoms with Gasteiger partial charge in [0.1, 0.15) is 6.33 Å². The number of hydrogen-bond acceptors (Lipinski definition) is 4. The number of aliphatic hydroxyl groups is 1. The van der Waals surface area contributed by atoms with Gasteiger partial charge in [-0.15, -0.1) is 10.2 Å². The van der Waals surface area contributed by atoms with Crippen LogP contribution in [0.2, 0.25) is 0 Å². The number of aromatic nitrogens is 3. The third-order valence-electron chi connectivity index (χ3n) is 4.34. The first-order valence-electron chi connectivity index (χ1n) is 8.27. The highest BCUT2D eigenvalue weighted by Crippen LogP contribution is 2.33. The lowest BCUT2D eigenvalue weighted by atomic mass is 10.1. The monoisotopic (exact) mass is 329 g/mol. The van der Waals surface area contributed by atoms with E-state index in [0.717, 1.165) is 24.9 Å². The van der Waals surface area contributed by atoms with E-state index >= 15 is 0 Å². The minimum atomic E-state index is -0.445. The van der Waals surface area contributed by atoms with E-state index in [-0.39, 0.29) is 6.03 Å². The molecule has 1 fully saturated rings. The van der Waals surface area contributed by atoms with Crippen molar-refractivity contribution in [3.05, 3.63) is 30.6 Å². The average Bonchev–Trinajstić information content (AvgIpc) is 3.33. The van der Waals surface area contributed by atoms with Crippen molar-refractivity contribution in [3.8, 4) is 11.4 Å². The molecule has 0 spiro atoms. The zero-order chi connectivity index (χ0) is 17.1. The molecule has 0 aliphatic heterocycles. The Hall–Kier alpha value is -2.41. The molecule has 1 saturated carbocycles. The summed E-state index contributed by atoms with van der Waals surface area (Å²) < 4.78 is 1.92. The van der Waals surface area contributed by atoms with Crippen LogP contribution >= 0.6 is 0 Å². The highest BCUT2D eigenvalue weighted by molar-refractivity contribution is 5.93. The molecule has 24 heavy (non-hydrogen) atoms.